The number of amides is 2. The standard InChI is InChI=1S/C21H23FN2O2/c1-21(20(26)23-14-16-7-3-2-4-8-16)11-6-12-24(15-21)19(25)17-9-5-10-18(22)13-17/h2-5,7-10,13H,6,11-12,14-15H2,1H3,(H,23,26)/t21-/m1/s1. The zero-order chi connectivity index (χ0) is 18.6. The van der Waals surface area contributed by atoms with Crippen LogP contribution in [0, 0.1) is 11.2 Å². The maximum Gasteiger partial charge on any atom is 0.253 e. The molecule has 0 spiro atoms. The number of rotatable bonds is 4. The van der Waals surface area contributed by atoms with Crippen molar-refractivity contribution in [1.29, 1.82) is 0 Å². The Morgan fingerprint density at radius 3 is 2.65 bits per heavy atom. The van der Waals surface area contributed by atoms with Crippen molar-refractivity contribution in [2.75, 3.05) is 13.1 Å². The first-order valence-corrected chi connectivity index (χ1v) is 8.85. The number of likely N-dealkylation sites (tertiary alicyclic amines) is 1. The fraction of sp³-hybridized carbons (Fsp3) is 0.333. The molecule has 136 valence electrons. The van der Waals surface area contributed by atoms with Crippen molar-refractivity contribution in [3.8, 4) is 0 Å². The van der Waals surface area contributed by atoms with E-state index < -0.39 is 11.2 Å². The summed E-state index contributed by atoms with van der Waals surface area (Å²) in [5, 5.41) is 2.98. The zero-order valence-corrected chi connectivity index (χ0v) is 14.9. The molecule has 0 aliphatic carbocycles. The lowest BCUT2D eigenvalue weighted by molar-refractivity contribution is -0.132. The average molecular weight is 354 g/mol. The normalized spacial score (nSPS) is 19.8. The van der Waals surface area contributed by atoms with Gasteiger partial charge in [-0.1, -0.05) is 36.4 Å². The smallest absolute Gasteiger partial charge is 0.253 e. The summed E-state index contributed by atoms with van der Waals surface area (Å²) in [7, 11) is 0. The van der Waals surface area contributed by atoms with Crippen LogP contribution in [-0.2, 0) is 11.3 Å². The molecule has 1 saturated heterocycles. The van der Waals surface area contributed by atoms with Gasteiger partial charge in [0.15, 0.2) is 0 Å². The summed E-state index contributed by atoms with van der Waals surface area (Å²) in [4.78, 5) is 27.1. The summed E-state index contributed by atoms with van der Waals surface area (Å²) in [5.41, 5.74) is 0.711. The summed E-state index contributed by atoms with van der Waals surface area (Å²) >= 11 is 0. The number of nitrogens with one attached hydrogen (secondary N) is 1. The Morgan fingerprint density at radius 2 is 1.92 bits per heavy atom. The Morgan fingerprint density at radius 1 is 1.15 bits per heavy atom. The van der Waals surface area contributed by atoms with E-state index in [2.05, 4.69) is 5.32 Å². The molecule has 1 fully saturated rings. The molecule has 0 aromatic heterocycles. The second kappa shape index (κ2) is 7.68. The van der Waals surface area contributed by atoms with Gasteiger partial charge in [-0.3, -0.25) is 9.59 Å². The molecule has 0 bridgehead atoms. The molecule has 2 aromatic rings. The van der Waals surface area contributed by atoms with Crippen LogP contribution in [-0.4, -0.2) is 29.8 Å². The van der Waals surface area contributed by atoms with Crippen LogP contribution in [0.1, 0.15) is 35.7 Å². The molecule has 1 N–H and O–H groups in total. The predicted molar refractivity (Wildman–Crippen MR) is 97.9 cm³/mol. The van der Waals surface area contributed by atoms with E-state index in [4.69, 9.17) is 0 Å². The van der Waals surface area contributed by atoms with E-state index in [0.717, 1.165) is 18.4 Å². The maximum atomic E-state index is 13.4. The first-order chi connectivity index (χ1) is 12.5. The molecule has 1 aliphatic rings. The Kier molecular flexibility index (Phi) is 5.35. The second-order valence-corrected chi connectivity index (χ2v) is 7.07. The van der Waals surface area contributed by atoms with Crippen LogP contribution >= 0.6 is 0 Å². The van der Waals surface area contributed by atoms with Crippen LogP contribution in [0.25, 0.3) is 0 Å². The molecule has 1 atom stereocenters. The topological polar surface area (TPSA) is 49.4 Å². The molecule has 1 aliphatic heterocycles. The van der Waals surface area contributed by atoms with E-state index in [0.29, 0.717) is 25.2 Å². The minimum atomic E-state index is -0.643. The van der Waals surface area contributed by atoms with Gasteiger partial charge in [-0.2, -0.15) is 0 Å². The van der Waals surface area contributed by atoms with Crippen molar-refractivity contribution in [3.05, 3.63) is 71.5 Å². The van der Waals surface area contributed by atoms with Gasteiger partial charge in [0.05, 0.1) is 5.41 Å². The molecule has 2 aromatic carbocycles. The fourth-order valence-corrected chi connectivity index (χ4v) is 3.39. The minimum absolute atomic E-state index is 0.0573. The lowest BCUT2D eigenvalue weighted by Gasteiger charge is -2.39. The van der Waals surface area contributed by atoms with Gasteiger partial charge in [0.1, 0.15) is 5.82 Å². The van der Waals surface area contributed by atoms with Gasteiger partial charge in [0.25, 0.3) is 5.91 Å². The third-order valence-corrected chi connectivity index (χ3v) is 4.90. The number of benzene rings is 2. The van der Waals surface area contributed by atoms with Crippen LogP contribution < -0.4 is 5.32 Å². The van der Waals surface area contributed by atoms with Gasteiger partial charge in [0, 0.05) is 25.2 Å². The molecule has 0 unspecified atom stereocenters. The Hall–Kier alpha value is -2.69. The summed E-state index contributed by atoms with van der Waals surface area (Å²) in [6.07, 6.45) is 1.47. The molecule has 5 heteroatoms. The minimum Gasteiger partial charge on any atom is -0.351 e. The third kappa shape index (κ3) is 4.10. The molecule has 1 heterocycles. The van der Waals surface area contributed by atoms with Gasteiger partial charge < -0.3 is 10.2 Å². The molecule has 2 amide bonds. The highest BCUT2D eigenvalue weighted by Crippen LogP contribution is 2.30. The number of halogens is 1. The number of nitrogens with zero attached hydrogens (tertiary/aromatic N) is 1. The molecule has 4 nitrogen and oxygen atoms in total. The van der Waals surface area contributed by atoms with Gasteiger partial charge in [-0.05, 0) is 43.5 Å². The van der Waals surface area contributed by atoms with Gasteiger partial charge >= 0.3 is 0 Å². The molecular weight excluding hydrogens is 331 g/mol. The van der Waals surface area contributed by atoms with Crippen LogP contribution in [0.2, 0.25) is 0 Å². The number of hydrogen-bond donors (Lipinski definition) is 1. The highest BCUT2D eigenvalue weighted by molar-refractivity contribution is 5.95. The van der Waals surface area contributed by atoms with Crippen LogP contribution in [0.3, 0.4) is 0 Å². The Labute approximate surface area is 153 Å². The zero-order valence-electron chi connectivity index (χ0n) is 14.9. The summed E-state index contributed by atoms with van der Waals surface area (Å²) < 4.78 is 13.4. The van der Waals surface area contributed by atoms with Crippen LogP contribution in [0.4, 0.5) is 4.39 Å². The summed E-state index contributed by atoms with van der Waals surface area (Å²) in [6, 6.07) is 15.4. The number of carbonyl (C=O) groups excluding carboxylic acids is 2. The van der Waals surface area contributed by atoms with E-state index in [1.807, 2.05) is 37.3 Å². The van der Waals surface area contributed by atoms with Crippen molar-refractivity contribution in [2.45, 2.75) is 26.3 Å². The van der Waals surface area contributed by atoms with Gasteiger partial charge in [-0.25, -0.2) is 4.39 Å². The monoisotopic (exact) mass is 354 g/mol. The van der Waals surface area contributed by atoms with E-state index in [-0.39, 0.29) is 11.8 Å². The molecule has 3 rings (SSSR count). The number of piperidine rings is 1. The lowest BCUT2D eigenvalue weighted by Crippen LogP contribution is -2.51. The van der Waals surface area contributed by atoms with E-state index >= 15 is 0 Å². The van der Waals surface area contributed by atoms with Crippen LogP contribution in [0.5, 0.6) is 0 Å². The van der Waals surface area contributed by atoms with Gasteiger partial charge in [0.2, 0.25) is 5.91 Å². The highest BCUT2D eigenvalue weighted by Gasteiger charge is 2.39. The first kappa shape index (κ1) is 18.1. The highest BCUT2D eigenvalue weighted by atomic mass is 19.1. The maximum absolute atomic E-state index is 13.4. The first-order valence-electron chi connectivity index (χ1n) is 8.85. The van der Waals surface area contributed by atoms with Crippen molar-refractivity contribution in [2.24, 2.45) is 5.41 Å². The molecular formula is C21H23FN2O2. The van der Waals surface area contributed by atoms with Crippen LogP contribution in [0.15, 0.2) is 54.6 Å². The third-order valence-electron chi connectivity index (χ3n) is 4.90. The van der Waals surface area contributed by atoms with E-state index in [9.17, 15) is 14.0 Å². The van der Waals surface area contributed by atoms with Crippen molar-refractivity contribution < 1.29 is 14.0 Å². The van der Waals surface area contributed by atoms with Crippen molar-refractivity contribution in [1.82, 2.24) is 10.2 Å². The molecule has 0 radical (unpaired) electrons. The largest absolute Gasteiger partial charge is 0.351 e. The molecule has 26 heavy (non-hydrogen) atoms. The second-order valence-electron chi connectivity index (χ2n) is 7.07. The Bertz CT molecular complexity index is 794. The Balaban J connectivity index is 1.66. The lowest BCUT2D eigenvalue weighted by atomic mass is 9.80. The van der Waals surface area contributed by atoms with E-state index in [1.165, 1.54) is 18.2 Å². The predicted octanol–water partition coefficient (Wildman–Crippen LogP) is 3.38. The number of hydrogen-bond acceptors (Lipinski definition) is 2. The SMILES string of the molecule is C[C@@]1(C(=O)NCc2ccccc2)CCCN(C(=O)c2cccc(F)c2)C1. The fourth-order valence-electron chi connectivity index (χ4n) is 3.39. The quantitative estimate of drug-likeness (QED) is 0.915. The summed E-state index contributed by atoms with van der Waals surface area (Å²) in [6.45, 7) is 3.27. The molecule has 0 saturated carbocycles. The van der Waals surface area contributed by atoms with Gasteiger partial charge in [-0.15, -0.1) is 0 Å². The van der Waals surface area contributed by atoms with Crippen molar-refractivity contribution in [3.63, 3.8) is 0 Å². The number of carbonyl (C=O) groups is 2. The average Bonchev–Trinajstić information content (AvgIpc) is 2.66. The van der Waals surface area contributed by atoms with E-state index in [1.54, 1.807) is 11.0 Å². The summed E-state index contributed by atoms with van der Waals surface area (Å²) in [5.74, 6) is -0.722. The van der Waals surface area contributed by atoms with Crippen molar-refractivity contribution >= 4 is 11.8 Å².